The van der Waals surface area contributed by atoms with E-state index in [9.17, 15) is 9.35 Å². The second kappa shape index (κ2) is 5.39. The van der Waals surface area contributed by atoms with Gasteiger partial charge in [-0.25, -0.2) is 0 Å². The summed E-state index contributed by atoms with van der Waals surface area (Å²) in [6.07, 6.45) is 1.50. The first kappa shape index (κ1) is 12.4. The van der Waals surface area contributed by atoms with E-state index in [1.165, 1.54) is 6.26 Å². The second-order valence-electron chi connectivity index (χ2n) is 3.08. The summed E-state index contributed by atoms with van der Waals surface area (Å²) in [5, 5.41) is 3.40. The number of benzene rings is 1. The molecule has 0 aliphatic carbocycles. The van der Waals surface area contributed by atoms with E-state index in [0.717, 1.165) is 0 Å². The van der Waals surface area contributed by atoms with Crippen molar-refractivity contribution in [3.05, 3.63) is 28.8 Å². The van der Waals surface area contributed by atoms with Crippen molar-refractivity contribution in [2.45, 2.75) is 0 Å². The number of carbonyl (C=O) groups excluding carboxylic acids is 1. The lowest BCUT2D eigenvalue weighted by Crippen LogP contribution is -2.16. The molecule has 0 aliphatic heterocycles. The minimum absolute atomic E-state index is 0.0228. The Hall–Kier alpha value is -0.710. The van der Waals surface area contributed by atoms with E-state index in [1.54, 1.807) is 25.2 Å². The molecule has 1 aromatic carbocycles. The fraction of sp³-hybridized carbons (Fsp3) is 0.300. The summed E-state index contributed by atoms with van der Waals surface area (Å²) < 4.78 is 10.9. The van der Waals surface area contributed by atoms with Crippen LogP contribution in [0.2, 0.25) is 5.02 Å². The van der Waals surface area contributed by atoms with Gasteiger partial charge in [0.15, 0.2) is 5.75 Å². The number of carbonyl (C=O) groups is 1. The number of ketones is 1. The molecule has 0 fully saturated rings. The maximum absolute atomic E-state index is 11.7. The minimum Gasteiger partial charge on any atom is -0.616 e. The van der Waals surface area contributed by atoms with Gasteiger partial charge in [0.05, 0.1) is 6.26 Å². The van der Waals surface area contributed by atoms with Crippen LogP contribution in [0.4, 0.5) is 5.69 Å². The van der Waals surface area contributed by atoms with E-state index in [-0.39, 0.29) is 11.5 Å². The van der Waals surface area contributed by atoms with Crippen LogP contribution >= 0.6 is 11.6 Å². The first-order chi connectivity index (χ1) is 7.04. The lowest BCUT2D eigenvalue weighted by Gasteiger charge is -2.09. The molecule has 1 rings (SSSR count). The summed E-state index contributed by atoms with van der Waals surface area (Å²) in [6.45, 7) is 0. The van der Waals surface area contributed by atoms with Crippen LogP contribution in [0.5, 0.6) is 0 Å². The first-order valence-corrected chi connectivity index (χ1v) is 6.45. The average Bonchev–Trinajstić information content (AvgIpc) is 2.16. The molecule has 82 valence electrons. The van der Waals surface area contributed by atoms with E-state index in [2.05, 4.69) is 5.32 Å². The summed E-state index contributed by atoms with van der Waals surface area (Å²) >= 11 is 4.67. The van der Waals surface area contributed by atoms with Crippen LogP contribution in [0.1, 0.15) is 10.4 Å². The van der Waals surface area contributed by atoms with Crippen molar-refractivity contribution >= 4 is 34.2 Å². The van der Waals surface area contributed by atoms with Crippen molar-refractivity contribution in [2.24, 2.45) is 0 Å². The van der Waals surface area contributed by atoms with Crippen LogP contribution in [0.25, 0.3) is 0 Å². The summed E-state index contributed by atoms with van der Waals surface area (Å²) in [7, 11) is 1.73. The molecular weight excluding hydrogens is 234 g/mol. The van der Waals surface area contributed by atoms with E-state index < -0.39 is 11.2 Å². The third-order valence-corrected chi connectivity index (χ3v) is 2.79. The maximum Gasteiger partial charge on any atom is 0.213 e. The van der Waals surface area contributed by atoms with E-state index in [0.29, 0.717) is 16.3 Å². The van der Waals surface area contributed by atoms with Crippen LogP contribution in [-0.4, -0.2) is 29.4 Å². The number of Topliss-reactive ketones (excluding diaryl/α,β-unsaturated/α-hetero) is 1. The lowest BCUT2D eigenvalue weighted by atomic mass is 10.1. The molecule has 0 aliphatic rings. The number of hydrogen-bond acceptors (Lipinski definition) is 3. The monoisotopic (exact) mass is 245 g/mol. The van der Waals surface area contributed by atoms with Gasteiger partial charge in [0.1, 0.15) is 0 Å². The van der Waals surface area contributed by atoms with Gasteiger partial charge in [0.2, 0.25) is 5.78 Å². The van der Waals surface area contributed by atoms with Crippen LogP contribution < -0.4 is 5.32 Å². The Morgan fingerprint density at radius 1 is 1.60 bits per heavy atom. The summed E-state index contributed by atoms with van der Waals surface area (Å²) in [4.78, 5) is 11.7. The zero-order valence-electron chi connectivity index (χ0n) is 8.54. The zero-order valence-corrected chi connectivity index (χ0v) is 10.1. The number of hydrogen-bond donors (Lipinski definition) is 1. The van der Waals surface area contributed by atoms with Crippen LogP contribution in [0, 0.1) is 0 Å². The molecule has 1 atom stereocenters. The molecule has 15 heavy (non-hydrogen) atoms. The highest BCUT2D eigenvalue weighted by Crippen LogP contribution is 2.21. The minimum atomic E-state index is -1.13. The number of halogens is 1. The molecule has 0 spiro atoms. The van der Waals surface area contributed by atoms with Crippen molar-refractivity contribution in [2.75, 3.05) is 24.4 Å². The Morgan fingerprint density at radius 2 is 2.27 bits per heavy atom. The molecule has 1 N–H and O–H groups in total. The van der Waals surface area contributed by atoms with Crippen molar-refractivity contribution in [1.82, 2.24) is 0 Å². The standard InChI is InChI=1S/C10H12ClNO2S/c1-12-9-4-3-7(11)5-8(9)10(13)6-15(2)14/h3-5,12H,6H2,1-2H3. The molecule has 0 saturated carbocycles. The van der Waals surface area contributed by atoms with Crippen molar-refractivity contribution in [3.63, 3.8) is 0 Å². The predicted octanol–water partition coefficient (Wildman–Crippen LogP) is 1.94. The van der Waals surface area contributed by atoms with Gasteiger partial charge in [-0.05, 0) is 29.4 Å². The summed E-state index contributed by atoms with van der Waals surface area (Å²) in [5.74, 6) is -0.141. The molecule has 0 radical (unpaired) electrons. The third kappa shape index (κ3) is 3.41. The topological polar surface area (TPSA) is 52.2 Å². The van der Waals surface area contributed by atoms with Gasteiger partial charge in [-0.15, -0.1) is 0 Å². The molecule has 0 heterocycles. The highest BCUT2D eigenvalue weighted by Gasteiger charge is 2.15. The Labute approximate surface area is 97.0 Å². The molecule has 0 saturated heterocycles. The van der Waals surface area contributed by atoms with Gasteiger partial charge in [-0.1, -0.05) is 11.6 Å². The fourth-order valence-electron chi connectivity index (χ4n) is 1.23. The van der Waals surface area contributed by atoms with Gasteiger partial charge in [0, 0.05) is 23.3 Å². The Morgan fingerprint density at radius 3 is 2.80 bits per heavy atom. The van der Waals surface area contributed by atoms with Gasteiger partial charge < -0.3 is 9.87 Å². The molecular formula is C10H12ClNO2S. The van der Waals surface area contributed by atoms with E-state index in [4.69, 9.17) is 11.6 Å². The van der Waals surface area contributed by atoms with Gasteiger partial charge in [-0.2, -0.15) is 0 Å². The second-order valence-corrected chi connectivity index (χ2v) is 4.95. The normalized spacial score (nSPS) is 12.3. The third-order valence-electron chi connectivity index (χ3n) is 1.89. The van der Waals surface area contributed by atoms with Crippen LogP contribution in [0.3, 0.4) is 0 Å². The van der Waals surface area contributed by atoms with E-state index in [1.807, 2.05) is 0 Å². The molecule has 1 unspecified atom stereocenters. The predicted molar refractivity (Wildman–Crippen MR) is 64.3 cm³/mol. The Bertz CT molecular complexity index is 368. The van der Waals surface area contributed by atoms with E-state index >= 15 is 0 Å². The fourth-order valence-corrected chi connectivity index (χ4v) is 1.92. The quantitative estimate of drug-likeness (QED) is 0.652. The van der Waals surface area contributed by atoms with Gasteiger partial charge >= 0.3 is 0 Å². The highest BCUT2D eigenvalue weighted by molar-refractivity contribution is 7.91. The SMILES string of the molecule is CNc1ccc(Cl)cc1C(=O)C[S+](C)[O-]. The van der Waals surface area contributed by atoms with Crippen molar-refractivity contribution in [3.8, 4) is 0 Å². The zero-order chi connectivity index (χ0) is 11.4. The molecule has 5 heteroatoms. The van der Waals surface area contributed by atoms with Crippen LogP contribution in [-0.2, 0) is 11.2 Å². The molecule has 0 bridgehead atoms. The molecule has 3 nitrogen and oxygen atoms in total. The highest BCUT2D eigenvalue weighted by atomic mass is 35.5. The van der Waals surface area contributed by atoms with Crippen molar-refractivity contribution < 1.29 is 9.35 Å². The first-order valence-electron chi connectivity index (χ1n) is 4.35. The van der Waals surface area contributed by atoms with Gasteiger partial charge in [-0.3, -0.25) is 4.79 Å². The summed E-state index contributed by atoms with van der Waals surface area (Å²) in [6, 6.07) is 5.02. The maximum atomic E-state index is 11.7. The average molecular weight is 246 g/mol. The van der Waals surface area contributed by atoms with Gasteiger partial charge in [0.25, 0.3) is 0 Å². The molecule has 0 aromatic heterocycles. The number of nitrogens with one attached hydrogen (secondary N) is 1. The number of anilines is 1. The molecule has 1 aromatic rings. The summed E-state index contributed by atoms with van der Waals surface area (Å²) in [5.41, 5.74) is 1.19. The Kier molecular flexibility index (Phi) is 4.45. The largest absolute Gasteiger partial charge is 0.616 e. The molecule has 0 amide bonds. The smallest absolute Gasteiger partial charge is 0.213 e. The Balaban J connectivity index is 3.00. The van der Waals surface area contributed by atoms with Crippen molar-refractivity contribution in [1.29, 1.82) is 0 Å². The van der Waals surface area contributed by atoms with Crippen LogP contribution in [0.15, 0.2) is 18.2 Å². The lowest BCUT2D eigenvalue weighted by molar-refractivity contribution is 0.102. The number of rotatable bonds is 4.